The standard InChI is InChI=1S/C13H13FN2O2/c1-3-7-16-13(17)9(2)18-12-6-4-5-11(14)10(12)8-15/h3-6,9H,1,7H2,2H3,(H,16,17). The molecule has 1 N–H and O–H groups in total. The molecule has 4 nitrogen and oxygen atoms in total. The molecule has 0 bridgehead atoms. The number of halogens is 1. The van der Waals surface area contributed by atoms with Crippen LogP contribution >= 0.6 is 0 Å². The van der Waals surface area contributed by atoms with Crippen LogP contribution in [0.15, 0.2) is 30.9 Å². The molecule has 1 rings (SSSR count). The lowest BCUT2D eigenvalue weighted by Gasteiger charge is -2.15. The quantitative estimate of drug-likeness (QED) is 0.808. The van der Waals surface area contributed by atoms with Crippen LogP contribution in [-0.4, -0.2) is 18.6 Å². The Labute approximate surface area is 105 Å². The van der Waals surface area contributed by atoms with Crippen molar-refractivity contribution in [3.63, 3.8) is 0 Å². The monoisotopic (exact) mass is 248 g/mol. The summed E-state index contributed by atoms with van der Waals surface area (Å²) in [6, 6.07) is 5.72. The van der Waals surface area contributed by atoms with Gasteiger partial charge < -0.3 is 10.1 Å². The number of benzene rings is 1. The zero-order valence-corrected chi connectivity index (χ0v) is 9.94. The molecule has 0 aliphatic heterocycles. The molecule has 18 heavy (non-hydrogen) atoms. The van der Waals surface area contributed by atoms with E-state index in [0.29, 0.717) is 6.54 Å². The zero-order chi connectivity index (χ0) is 13.5. The number of nitriles is 1. The number of amides is 1. The Bertz CT molecular complexity index is 494. The number of hydrogen-bond acceptors (Lipinski definition) is 3. The molecule has 0 aliphatic carbocycles. The van der Waals surface area contributed by atoms with E-state index in [4.69, 9.17) is 10.00 Å². The first-order valence-electron chi connectivity index (χ1n) is 5.34. The van der Waals surface area contributed by atoms with Crippen LogP contribution in [0.25, 0.3) is 0 Å². The Kier molecular flexibility index (Phi) is 4.88. The van der Waals surface area contributed by atoms with Gasteiger partial charge in [-0.1, -0.05) is 12.1 Å². The minimum absolute atomic E-state index is 0.0544. The lowest BCUT2D eigenvalue weighted by molar-refractivity contribution is -0.127. The summed E-state index contributed by atoms with van der Waals surface area (Å²) in [5.74, 6) is -0.976. The molecule has 0 aliphatic rings. The smallest absolute Gasteiger partial charge is 0.261 e. The van der Waals surface area contributed by atoms with Crippen molar-refractivity contribution in [2.75, 3.05) is 6.54 Å². The summed E-state index contributed by atoms with van der Waals surface area (Å²) in [6.07, 6.45) is 0.715. The normalized spacial score (nSPS) is 11.2. The van der Waals surface area contributed by atoms with Crippen molar-refractivity contribution < 1.29 is 13.9 Å². The van der Waals surface area contributed by atoms with Gasteiger partial charge in [0.2, 0.25) is 0 Å². The predicted octanol–water partition coefficient (Wildman–Crippen LogP) is 1.77. The van der Waals surface area contributed by atoms with Crippen LogP contribution in [0.5, 0.6) is 5.75 Å². The highest BCUT2D eigenvalue weighted by atomic mass is 19.1. The molecular weight excluding hydrogens is 235 g/mol. The van der Waals surface area contributed by atoms with Gasteiger partial charge >= 0.3 is 0 Å². The van der Waals surface area contributed by atoms with Crippen LogP contribution in [0.4, 0.5) is 4.39 Å². The minimum atomic E-state index is -0.821. The summed E-state index contributed by atoms with van der Waals surface area (Å²) in [7, 11) is 0. The van der Waals surface area contributed by atoms with Gasteiger partial charge in [0, 0.05) is 6.54 Å². The Morgan fingerprint density at radius 3 is 3.06 bits per heavy atom. The molecule has 1 aromatic carbocycles. The number of ether oxygens (including phenoxy) is 1. The molecule has 1 aromatic rings. The second-order valence-corrected chi connectivity index (χ2v) is 3.52. The van der Waals surface area contributed by atoms with Gasteiger partial charge in [0.05, 0.1) is 0 Å². The fraction of sp³-hybridized carbons (Fsp3) is 0.231. The predicted molar refractivity (Wildman–Crippen MR) is 64.4 cm³/mol. The number of hydrogen-bond donors (Lipinski definition) is 1. The lowest BCUT2D eigenvalue weighted by Crippen LogP contribution is -2.36. The Hall–Kier alpha value is -2.35. The van der Waals surface area contributed by atoms with Gasteiger partial charge in [0.1, 0.15) is 23.2 Å². The van der Waals surface area contributed by atoms with Crippen molar-refractivity contribution >= 4 is 5.91 Å². The second-order valence-electron chi connectivity index (χ2n) is 3.52. The van der Waals surface area contributed by atoms with E-state index in [1.807, 2.05) is 0 Å². The summed E-state index contributed by atoms with van der Waals surface area (Å²) in [6.45, 7) is 5.31. The molecule has 0 fully saturated rings. The molecule has 0 heterocycles. The highest BCUT2D eigenvalue weighted by Gasteiger charge is 2.17. The maximum Gasteiger partial charge on any atom is 0.261 e. The molecule has 5 heteroatoms. The Morgan fingerprint density at radius 2 is 2.44 bits per heavy atom. The van der Waals surface area contributed by atoms with Crippen LogP contribution in [0.2, 0.25) is 0 Å². The first-order chi connectivity index (χ1) is 8.60. The third-order valence-electron chi connectivity index (χ3n) is 2.18. The topological polar surface area (TPSA) is 62.1 Å². The van der Waals surface area contributed by atoms with Gasteiger partial charge in [-0.2, -0.15) is 5.26 Å². The molecular formula is C13H13FN2O2. The van der Waals surface area contributed by atoms with Gasteiger partial charge in [-0.25, -0.2) is 4.39 Å². The fourth-order valence-electron chi connectivity index (χ4n) is 1.27. The summed E-state index contributed by atoms with van der Waals surface area (Å²) < 4.78 is 18.6. The van der Waals surface area contributed by atoms with E-state index in [9.17, 15) is 9.18 Å². The number of carbonyl (C=O) groups is 1. The molecule has 0 saturated carbocycles. The van der Waals surface area contributed by atoms with Crippen molar-refractivity contribution in [3.8, 4) is 11.8 Å². The fourth-order valence-corrected chi connectivity index (χ4v) is 1.27. The van der Waals surface area contributed by atoms with Crippen molar-refractivity contribution in [2.45, 2.75) is 13.0 Å². The maximum atomic E-state index is 13.3. The highest BCUT2D eigenvalue weighted by Crippen LogP contribution is 2.21. The van der Waals surface area contributed by atoms with Crippen LogP contribution in [-0.2, 0) is 4.79 Å². The van der Waals surface area contributed by atoms with Gasteiger partial charge in [0.25, 0.3) is 5.91 Å². The van der Waals surface area contributed by atoms with Crippen molar-refractivity contribution in [1.29, 1.82) is 5.26 Å². The number of rotatable bonds is 5. The van der Waals surface area contributed by atoms with E-state index in [-0.39, 0.29) is 17.2 Å². The Morgan fingerprint density at radius 1 is 1.72 bits per heavy atom. The summed E-state index contributed by atoms with van der Waals surface area (Å²) in [5, 5.41) is 11.4. The average molecular weight is 248 g/mol. The van der Waals surface area contributed by atoms with Crippen LogP contribution < -0.4 is 10.1 Å². The number of carbonyl (C=O) groups excluding carboxylic acids is 1. The van der Waals surface area contributed by atoms with E-state index in [2.05, 4.69) is 11.9 Å². The molecule has 0 saturated heterocycles. The number of nitrogens with zero attached hydrogens (tertiary/aromatic N) is 1. The summed E-state index contributed by atoms with van der Waals surface area (Å²) >= 11 is 0. The minimum Gasteiger partial charge on any atom is -0.479 e. The van der Waals surface area contributed by atoms with E-state index in [1.54, 1.807) is 6.07 Å². The first-order valence-corrected chi connectivity index (χ1v) is 5.34. The van der Waals surface area contributed by atoms with Gasteiger partial charge in [-0.15, -0.1) is 6.58 Å². The van der Waals surface area contributed by atoms with Crippen LogP contribution in [0.1, 0.15) is 12.5 Å². The molecule has 0 radical (unpaired) electrons. The highest BCUT2D eigenvalue weighted by molar-refractivity contribution is 5.80. The maximum absolute atomic E-state index is 13.3. The third kappa shape index (κ3) is 3.32. The van der Waals surface area contributed by atoms with Crippen molar-refractivity contribution in [2.24, 2.45) is 0 Å². The number of nitrogens with one attached hydrogen (secondary N) is 1. The van der Waals surface area contributed by atoms with Gasteiger partial charge in [0.15, 0.2) is 6.10 Å². The molecule has 94 valence electrons. The summed E-state index contributed by atoms with van der Waals surface area (Å²) in [4.78, 5) is 11.5. The van der Waals surface area contributed by atoms with Crippen LogP contribution in [0.3, 0.4) is 0 Å². The van der Waals surface area contributed by atoms with E-state index < -0.39 is 11.9 Å². The molecule has 1 atom stereocenters. The average Bonchev–Trinajstić information content (AvgIpc) is 2.36. The van der Waals surface area contributed by atoms with Gasteiger partial charge in [-0.3, -0.25) is 4.79 Å². The largest absolute Gasteiger partial charge is 0.479 e. The lowest BCUT2D eigenvalue weighted by atomic mass is 10.2. The van der Waals surface area contributed by atoms with Crippen LogP contribution in [0, 0.1) is 17.1 Å². The van der Waals surface area contributed by atoms with E-state index in [1.165, 1.54) is 25.1 Å². The van der Waals surface area contributed by atoms with Gasteiger partial charge in [-0.05, 0) is 19.1 Å². The third-order valence-corrected chi connectivity index (χ3v) is 2.18. The molecule has 0 spiro atoms. The summed E-state index contributed by atoms with van der Waals surface area (Å²) in [5.41, 5.74) is -0.208. The van der Waals surface area contributed by atoms with E-state index in [0.717, 1.165) is 6.07 Å². The first kappa shape index (κ1) is 13.7. The van der Waals surface area contributed by atoms with Crippen molar-refractivity contribution in [1.82, 2.24) is 5.32 Å². The molecule has 1 unspecified atom stereocenters. The SMILES string of the molecule is C=CCNC(=O)C(C)Oc1cccc(F)c1C#N. The van der Waals surface area contributed by atoms with E-state index >= 15 is 0 Å². The Balaban J connectivity index is 2.79. The second kappa shape index (κ2) is 6.40. The zero-order valence-electron chi connectivity index (χ0n) is 9.94. The van der Waals surface area contributed by atoms with Crippen molar-refractivity contribution in [3.05, 3.63) is 42.2 Å². The molecule has 1 amide bonds. The molecule has 0 aromatic heterocycles.